The first-order valence-corrected chi connectivity index (χ1v) is 8.21. The van der Waals surface area contributed by atoms with E-state index in [-0.39, 0.29) is 6.10 Å². The molecule has 0 amide bonds. The van der Waals surface area contributed by atoms with Crippen molar-refractivity contribution in [1.82, 2.24) is 14.9 Å². The van der Waals surface area contributed by atoms with Gasteiger partial charge in [0.25, 0.3) is 0 Å². The fraction of sp³-hybridized carbons (Fsp3) is 0.750. The molecule has 1 aliphatic carbocycles. The van der Waals surface area contributed by atoms with Crippen LogP contribution in [0.25, 0.3) is 0 Å². The number of nitrogens with zero attached hydrogens (tertiary/aromatic N) is 3. The summed E-state index contributed by atoms with van der Waals surface area (Å²) in [6.45, 7) is 5.65. The molecule has 1 aromatic rings. The molecule has 21 heavy (non-hydrogen) atoms. The number of rotatable bonds is 3. The van der Waals surface area contributed by atoms with Gasteiger partial charge in [-0.15, -0.1) is 0 Å². The summed E-state index contributed by atoms with van der Waals surface area (Å²) < 4.78 is 5.90. The number of likely N-dealkylation sites (N-methyl/N-ethyl adjacent to an activating group) is 1. The molecule has 0 radical (unpaired) electrons. The third-order valence-corrected chi connectivity index (χ3v) is 4.35. The quantitative estimate of drug-likeness (QED) is 0.865. The molecule has 3 rings (SSSR count). The van der Waals surface area contributed by atoms with Crippen LogP contribution < -0.4 is 5.32 Å². The summed E-state index contributed by atoms with van der Waals surface area (Å²) in [4.78, 5) is 12.0. The zero-order valence-electron chi connectivity index (χ0n) is 13.2. The van der Waals surface area contributed by atoms with E-state index in [2.05, 4.69) is 24.2 Å². The number of aryl methyl sites for hydroxylation is 1. The molecule has 0 bridgehead atoms. The largest absolute Gasteiger partial charge is 0.370 e. The maximum atomic E-state index is 5.90. The predicted molar refractivity (Wildman–Crippen MR) is 83.6 cm³/mol. The molecule has 1 unspecified atom stereocenters. The lowest BCUT2D eigenvalue weighted by molar-refractivity contribution is -0.0255. The van der Waals surface area contributed by atoms with Crippen LogP contribution in [-0.4, -0.2) is 48.2 Å². The Morgan fingerprint density at radius 2 is 2.10 bits per heavy atom. The summed E-state index contributed by atoms with van der Waals surface area (Å²) in [6.07, 6.45) is 5.96. The van der Waals surface area contributed by atoms with Crippen LogP contribution in [0.1, 0.15) is 49.4 Å². The van der Waals surface area contributed by atoms with E-state index >= 15 is 0 Å². The maximum absolute atomic E-state index is 5.90. The van der Waals surface area contributed by atoms with Crippen molar-refractivity contribution in [2.45, 2.75) is 45.1 Å². The van der Waals surface area contributed by atoms with E-state index < -0.39 is 0 Å². The molecule has 1 aliphatic heterocycles. The topological polar surface area (TPSA) is 50.3 Å². The molecule has 0 saturated carbocycles. The van der Waals surface area contributed by atoms with Crippen molar-refractivity contribution in [2.24, 2.45) is 0 Å². The van der Waals surface area contributed by atoms with Crippen LogP contribution in [0, 0.1) is 0 Å². The van der Waals surface area contributed by atoms with Gasteiger partial charge in [0.15, 0.2) is 5.82 Å². The summed E-state index contributed by atoms with van der Waals surface area (Å²) >= 11 is 0. The first-order valence-electron chi connectivity index (χ1n) is 8.21. The number of nitrogens with one attached hydrogen (secondary N) is 1. The van der Waals surface area contributed by atoms with Gasteiger partial charge in [-0.25, -0.2) is 9.97 Å². The van der Waals surface area contributed by atoms with Gasteiger partial charge in [-0.05, 0) is 39.7 Å². The van der Waals surface area contributed by atoms with Crippen LogP contribution in [0.3, 0.4) is 0 Å². The van der Waals surface area contributed by atoms with Crippen LogP contribution in [0.4, 0.5) is 5.82 Å². The molecule has 5 nitrogen and oxygen atoms in total. The standard InChI is InChI=1S/C16H26N4O/c1-3-17-15-12-7-5-4-6-8-13(12)18-16(19-15)14-11-20(2)9-10-21-14/h14H,3-11H2,1-2H3,(H,17,18,19). The van der Waals surface area contributed by atoms with Gasteiger partial charge >= 0.3 is 0 Å². The number of hydrogen-bond donors (Lipinski definition) is 1. The lowest BCUT2D eigenvalue weighted by Crippen LogP contribution is -2.36. The molecule has 0 spiro atoms. The molecule has 1 fully saturated rings. The average Bonchev–Trinajstić information content (AvgIpc) is 2.73. The Bertz CT molecular complexity index is 491. The Balaban J connectivity index is 1.93. The number of aromatic nitrogens is 2. The van der Waals surface area contributed by atoms with Crippen molar-refractivity contribution < 1.29 is 4.74 Å². The van der Waals surface area contributed by atoms with Crippen LogP contribution in [0.15, 0.2) is 0 Å². The number of anilines is 1. The Morgan fingerprint density at radius 3 is 2.90 bits per heavy atom. The van der Waals surface area contributed by atoms with Crippen molar-refractivity contribution in [2.75, 3.05) is 38.6 Å². The summed E-state index contributed by atoms with van der Waals surface area (Å²) in [6, 6.07) is 0. The first kappa shape index (κ1) is 14.7. The third-order valence-electron chi connectivity index (χ3n) is 4.35. The molecule has 0 aromatic carbocycles. The average molecular weight is 290 g/mol. The number of fused-ring (bicyclic) bond motifs is 1. The molecular formula is C16H26N4O. The van der Waals surface area contributed by atoms with Crippen molar-refractivity contribution in [3.63, 3.8) is 0 Å². The van der Waals surface area contributed by atoms with Gasteiger partial charge in [0.1, 0.15) is 11.9 Å². The SMILES string of the molecule is CCNc1nc(C2CN(C)CCO2)nc2c1CCCCC2. The minimum absolute atomic E-state index is 0.00899. The highest BCUT2D eigenvalue weighted by molar-refractivity contribution is 5.47. The van der Waals surface area contributed by atoms with Gasteiger partial charge in [0.2, 0.25) is 0 Å². The number of morpholine rings is 1. The second-order valence-corrected chi connectivity index (χ2v) is 6.07. The zero-order valence-corrected chi connectivity index (χ0v) is 13.2. The van der Waals surface area contributed by atoms with Crippen LogP contribution >= 0.6 is 0 Å². The first-order chi connectivity index (χ1) is 10.3. The van der Waals surface area contributed by atoms with Gasteiger partial charge in [-0.2, -0.15) is 0 Å². The molecule has 1 aromatic heterocycles. The molecular weight excluding hydrogens is 264 g/mol. The summed E-state index contributed by atoms with van der Waals surface area (Å²) in [5, 5.41) is 3.43. The Hall–Kier alpha value is -1.20. The van der Waals surface area contributed by atoms with Gasteiger partial charge in [-0.3, -0.25) is 0 Å². The van der Waals surface area contributed by atoms with E-state index in [0.717, 1.165) is 50.7 Å². The number of ether oxygens (including phenoxy) is 1. The highest BCUT2D eigenvalue weighted by Crippen LogP contribution is 2.28. The second kappa shape index (κ2) is 6.71. The molecule has 5 heteroatoms. The molecule has 2 heterocycles. The molecule has 116 valence electrons. The molecule has 2 aliphatic rings. The summed E-state index contributed by atoms with van der Waals surface area (Å²) in [5.41, 5.74) is 2.58. The molecule has 1 saturated heterocycles. The lowest BCUT2D eigenvalue weighted by atomic mass is 10.1. The van der Waals surface area contributed by atoms with E-state index in [1.54, 1.807) is 0 Å². The van der Waals surface area contributed by atoms with Gasteiger partial charge < -0.3 is 15.0 Å². The lowest BCUT2D eigenvalue weighted by Gasteiger charge is -2.29. The van der Waals surface area contributed by atoms with Crippen molar-refractivity contribution in [3.05, 3.63) is 17.1 Å². The second-order valence-electron chi connectivity index (χ2n) is 6.07. The highest BCUT2D eigenvalue weighted by atomic mass is 16.5. The third kappa shape index (κ3) is 3.35. The van der Waals surface area contributed by atoms with E-state index in [9.17, 15) is 0 Å². The Labute approximate surface area is 127 Å². The van der Waals surface area contributed by atoms with Crippen LogP contribution in [-0.2, 0) is 17.6 Å². The smallest absolute Gasteiger partial charge is 0.161 e. The summed E-state index contributed by atoms with van der Waals surface area (Å²) in [5.74, 6) is 1.90. The van der Waals surface area contributed by atoms with Crippen LogP contribution in [0.2, 0.25) is 0 Å². The van der Waals surface area contributed by atoms with Gasteiger partial charge in [0.05, 0.1) is 6.61 Å². The Morgan fingerprint density at radius 1 is 1.24 bits per heavy atom. The molecule has 1 N–H and O–H groups in total. The number of hydrogen-bond acceptors (Lipinski definition) is 5. The van der Waals surface area contributed by atoms with E-state index in [1.807, 2.05) is 0 Å². The van der Waals surface area contributed by atoms with E-state index in [1.165, 1.54) is 30.5 Å². The molecule has 1 atom stereocenters. The van der Waals surface area contributed by atoms with Crippen molar-refractivity contribution in [3.8, 4) is 0 Å². The van der Waals surface area contributed by atoms with E-state index in [4.69, 9.17) is 14.7 Å². The van der Waals surface area contributed by atoms with Gasteiger partial charge in [-0.1, -0.05) is 6.42 Å². The fourth-order valence-electron chi connectivity index (χ4n) is 3.18. The highest BCUT2D eigenvalue weighted by Gasteiger charge is 2.25. The maximum Gasteiger partial charge on any atom is 0.161 e. The predicted octanol–water partition coefficient (Wildman–Crippen LogP) is 2.18. The van der Waals surface area contributed by atoms with Crippen molar-refractivity contribution >= 4 is 5.82 Å². The normalized spacial score (nSPS) is 23.4. The minimum atomic E-state index is 0.00899. The zero-order chi connectivity index (χ0) is 14.7. The van der Waals surface area contributed by atoms with E-state index in [0.29, 0.717) is 0 Å². The Kier molecular flexibility index (Phi) is 4.70. The summed E-state index contributed by atoms with van der Waals surface area (Å²) in [7, 11) is 2.13. The van der Waals surface area contributed by atoms with Crippen molar-refractivity contribution in [1.29, 1.82) is 0 Å². The fourth-order valence-corrected chi connectivity index (χ4v) is 3.18. The van der Waals surface area contributed by atoms with Crippen LogP contribution in [0.5, 0.6) is 0 Å². The van der Waals surface area contributed by atoms with Gasteiger partial charge in [0, 0.05) is 30.9 Å². The minimum Gasteiger partial charge on any atom is -0.370 e. The monoisotopic (exact) mass is 290 g/mol.